The summed E-state index contributed by atoms with van der Waals surface area (Å²) in [4.78, 5) is 12.5. The van der Waals surface area contributed by atoms with E-state index in [9.17, 15) is 4.79 Å². The number of carbonyl (C=O) groups is 1. The van der Waals surface area contributed by atoms with Gasteiger partial charge in [0.05, 0.1) is 18.8 Å². The van der Waals surface area contributed by atoms with Gasteiger partial charge < -0.3 is 23.1 Å². The number of hydrogen-bond donors (Lipinski definition) is 0. The molecule has 0 radical (unpaired) electrons. The van der Waals surface area contributed by atoms with Crippen molar-refractivity contribution in [2.45, 2.75) is 71.8 Å². The zero-order chi connectivity index (χ0) is 25.1. The SMILES string of the molecule is CCCCCCOc1ccc(OC(=O)c2ccc(OCCC[SiH](OCCC)OCCC)cc2)cc1. The number of rotatable bonds is 19. The lowest BCUT2D eigenvalue weighted by molar-refractivity contribution is 0.0734. The maximum Gasteiger partial charge on any atom is 0.343 e. The Morgan fingerprint density at radius 1 is 0.629 bits per heavy atom. The molecule has 0 saturated heterocycles. The van der Waals surface area contributed by atoms with Crippen molar-refractivity contribution in [3.05, 3.63) is 54.1 Å². The van der Waals surface area contributed by atoms with Crippen LogP contribution in [-0.4, -0.2) is 41.7 Å². The second-order valence-electron chi connectivity index (χ2n) is 8.46. The molecule has 35 heavy (non-hydrogen) atoms. The molecule has 0 spiro atoms. The Kier molecular flexibility index (Phi) is 14.8. The van der Waals surface area contributed by atoms with E-state index in [2.05, 4.69) is 20.8 Å². The zero-order valence-electron chi connectivity index (χ0n) is 21.6. The predicted octanol–water partition coefficient (Wildman–Crippen LogP) is 6.71. The summed E-state index contributed by atoms with van der Waals surface area (Å²) in [5.41, 5.74) is 0.474. The van der Waals surface area contributed by atoms with E-state index in [1.807, 2.05) is 12.1 Å². The van der Waals surface area contributed by atoms with Gasteiger partial charge >= 0.3 is 15.3 Å². The van der Waals surface area contributed by atoms with E-state index in [0.717, 1.165) is 56.4 Å². The molecule has 7 heteroatoms. The van der Waals surface area contributed by atoms with Crippen molar-refractivity contribution >= 4 is 15.3 Å². The van der Waals surface area contributed by atoms with Crippen LogP contribution in [0.25, 0.3) is 0 Å². The van der Waals surface area contributed by atoms with Crippen molar-refractivity contribution in [1.29, 1.82) is 0 Å². The van der Waals surface area contributed by atoms with Crippen molar-refractivity contribution < 1.29 is 27.9 Å². The highest BCUT2D eigenvalue weighted by Gasteiger charge is 2.13. The third-order valence-corrected chi connectivity index (χ3v) is 7.35. The first-order valence-electron chi connectivity index (χ1n) is 13.1. The van der Waals surface area contributed by atoms with Gasteiger partial charge in [0.25, 0.3) is 0 Å². The number of carbonyl (C=O) groups excluding carboxylic acids is 1. The molecule has 6 nitrogen and oxygen atoms in total. The highest BCUT2D eigenvalue weighted by Crippen LogP contribution is 2.20. The first kappa shape index (κ1) is 28.9. The topological polar surface area (TPSA) is 63.2 Å². The Balaban J connectivity index is 1.71. The standard InChI is InChI=1S/C28H42O6Si/c1-4-7-8-9-21-30-26-15-17-27(18-16-26)34-28(29)24-11-13-25(14-12-24)31-22-10-23-35(32-19-5-2)33-20-6-3/h11-18,35H,4-10,19-23H2,1-3H3. The van der Waals surface area contributed by atoms with E-state index in [0.29, 0.717) is 24.5 Å². The minimum absolute atomic E-state index is 0.403. The van der Waals surface area contributed by atoms with Crippen LogP contribution in [0.5, 0.6) is 17.2 Å². The highest BCUT2D eigenvalue weighted by atomic mass is 28.3. The average Bonchev–Trinajstić information content (AvgIpc) is 2.88. The second kappa shape index (κ2) is 18.0. The maximum absolute atomic E-state index is 12.5. The molecule has 0 heterocycles. The van der Waals surface area contributed by atoms with Gasteiger partial charge in [0.15, 0.2) is 0 Å². The highest BCUT2D eigenvalue weighted by molar-refractivity contribution is 6.44. The monoisotopic (exact) mass is 502 g/mol. The minimum Gasteiger partial charge on any atom is -0.494 e. The maximum atomic E-state index is 12.5. The van der Waals surface area contributed by atoms with Crippen LogP contribution in [0.1, 0.15) is 76.1 Å². The number of benzene rings is 2. The molecule has 2 aromatic carbocycles. The largest absolute Gasteiger partial charge is 0.494 e. The van der Waals surface area contributed by atoms with Gasteiger partial charge in [0.2, 0.25) is 0 Å². The third kappa shape index (κ3) is 12.3. The van der Waals surface area contributed by atoms with E-state index in [4.69, 9.17) is 23.1 Å². The molecule has 0 fully saturated rings. The molecule has 194 valence electrons. The van der Waals surface area contributed by atoms with Crippen LogP contribution < -0.4 is 14.2 Å². The first-order valence-corrected chi connectivity index (χ1v) is 14.8. The summed E-state index contributed by atoms with van der Waals surface area (Å²) >= 11 is 0. The van der Waals surface area contributed by atoms with Gasteiger partial charge in [-0.1, -0.05) is 40.0 Å². The number of esters is 1. The van der Waals surface area contributed by atoms with E-state index in [1.165, 1.54) is 19.3 Å². The van der Waals surface area contributed by atoms with Gasteiger partial charge in [0.1, 0.15) is 17.2 Å². The fraction of sp³-hybridized carbons (Fsp3) is 0.536. The lowest BCUT2D eigenvalue weighted by Gasteiger charge is -2.16. The Morgan fingerprint density at radius 3 is 1.74 bits per heavy atom. The summed E-state index contributed by atoms with van der Waals surface area (Å²) in [6.07, 6.45) is 7.56. The van der Waals surface area contributed by atoms with Crippen LogP contribution in [-0.2, 0) is 8.85 Å². The number of unbranched alkanes of at least 4 members (excludes halogenated alkanes) is 3. The van der Waals surface area contributed by atoms with Gasteiger partial charge in [-0.15, -0.1) is 0 Å². The van der Waals surface area contributed by atoms with Gasteiger partial charge in [-0.05, 0) is 80.3 Å². The van der Waals surface area contributed by atoms with Crippen molar-refractivity contribution in [3.8, 4) is 17.2 Å². The van der Waals surface area contributed by atoms with Crippen LogP contribution in [0.4, 0.5) is 0 Å². The molecule has 2 rings (SSSR count). The van der Waals surface area contributed by atoms with Crippen LogP contribution in [0, 0.1) is 0 Å². The molecule has 0 aliphatic rings. The molecular formula is C28H42O6Si. The smallest absolute Gasteiger partial charge is 0.343 e. The molecule has 0 amide bonds. The molecule has 0 atom stereocenters. The van der Waals surface area contributed by atoms with Crippen LogP contribution in [0.2, 0.25) is 6.04 Å². The van der Waals surface area contributed by atoms with E-state index < -0.39 is 15.3 Å². The van der Waals surface area contributed by atoms with Gasteiger partial charge in [0, 0.05) is 13.2 Å². The van der Waals surface area contributed by atoms with Crippen LogP contribution >= 0.6 is 0 Å². The Bertz CT molecular complexity index is 801. The van der Waals surface area contributed by atoms with Crippen molar-refractivity contribution in [2.24, 2.45) is 0 Å². The van der Waals surface area contributed by atoms with Crippen LogP contribution in [0.15, 0.2) is 48.5 Å². The van der Waals surface area contributed by atoms with Gasteiger partial charge in [-0.3, -0.25) is 0 Å². The van der Waals surface area contributed by atoms with E-state index in [1.54, 1.807) is 36.4 Å². The minimum atomic E-state index is -1.61. The van der Waals surface area contributed by atoms with Crippen molar-refractivity contribution in [3.63, 3.8) is 0 Å². The fourth-order valence-corrected chi connectivity index (χ4v) is 5.26. The molecule has 0 aliphatic heterocycles. The Labute approximate surface area is 212 Å². The summed E-state index contributed by atoms with van der Waals surface area (Å²) in [6.45, 7) is 9.22. The molecule has 0 unspecified atom stereocenters. The molecule has 0 aliphatic carbocycles. The molecule has 2 aromatic rings. The summed E-state index contributed by atoms with van der Waals surface area (Å²) in [6, 6.07) is 15.1. The Morgan fingerprint density at radius 2 is 1.17 bits per heavy atom. The molecule has 0 aromatic heterocycles. The number of ether oxygens (including phenoxy) is 3. The van der Waals surface area contributed by atoms with Crippen molar-refractivity contribution in [2.75, 3.05) is 26.4 Å². The summed E-state index contributed by atoms with van der Waals surface area (Å²) in [5.74, 6) is 1.59. The van der Waals surface area contributed by atoms with Gasteiger partial charge in [-0.2, -0.15) is 0 Å². The summed E-state index contributed by atoms with van der Waals surface area (Å²) in [5, 5.41) is 0. The zero-order valence-corrected chi connectivity index (χ0v) is 22.8. The van der Waals surface area contributed by atoms with Crippen LogP contribution in [0.3, 0.4) is 0 Å². The number of hydrogen-bond acceptors (Lipinski definition) is 6. The molecule has 0 saturated carbocycles. The van der Waals surface area contributed by atoms with E-state index in [-0.39, 0.29) is 0 Å². The van der Waals surface area contributed by atoms with E-state index >= 15 is 0 Å². The molecule has 0 bridgehead atoms. The second-order valence-corrected chi connectivity index (χ2v) is 10.6. The summed E-state index contributed by atoms with van der Waals surface area (Å²) in [7, 11) is -1.61. The lowest BCUT2D eigenvalue weighted by atomic mass is 10.2. The fourth-order valence-electron chi connectivity index (χ4n) is 3.33. The molecule has 0 N–H and O–H groups in total. The summed E-state index contributed by atoms with van der Waals surface area (Å²) < 4.78 is 28.8. The predicted molar refractivity (Wildman–Crippen MR) is 142 cm³/mol. The average molecular weight is 503 g/mol. The van der Waals surface area contributed by atoms with Gasteiger partial charge in [-0.25, -0.2) is 4.79 Å². The lowest BCUT2D eigenvalue weighted by Crippen LogP contribution is -2.24. The quantitative estimate of drug-likeness (QED) is 0.0921. The normalized spacial score (nSPS) is 11.0. The molecular weight excluding hydrogens is 460 g/mol. The Hall–Kier alpha value is -2.35. The van der Waals surface area contributed by atoms with Crippen molar-refractivity contribution in [1.82, 2.24) is 0 Å². The third-order valence-electron chi connectivity index (χ3n) is 5.26. The first-order chi connectivity index (χ1) is 17.2.